The van der Waals surface area contributed by atoms with E-state index in [0.29, 0.717) is 22.9 Å². The maximum Gasteiger partial charge on any atom is 0.322 e. The second kappa shape index (κ2) is 6.25. The van der Waals surface area contributed by atoms with E-state index in [1.54, 1.807) is 26.4 Å². The molecule has 2 aromatic rings. The van der Waals surface area contributed by atoms with Gasteiger partial charge in [-0.2, -0.15) is 15.0 Å². The first-order chi connectivity index (χ1) is 10.0. The summed E-state index contributed by atoms with van der Waals surface area (Å²) in [5, 5.41) is 0. The highest BCUT2D eigenvalue weighted by Gasteiger charge is 2.17. The van der Waals surface area contributed by atoms with Gasteiger partial charge in [0.2, 0.25) is 5.95 Å². The Kier molecular flexibility index (Phi) is 4.42. The van der Waals surface area contributed by atoms with Crippen molar-refractivity contribution in [2.45, 2.75) is 20.0 Å². The largest absolute Gasteiger partial charge is 0.496 e. The zero-order valence-corrected chi connectivity index (χ0v) is 12.5. The zero-order valence-electron chi connectivity index (χ0n) is 12.5. The van der Waals surface area contributed by atoms with Crippen molar-refractivity contribution >= 4 is 5.95 Å². The molecule has 0 radical (unpaired) electrons. The van der Waals surface area contributed by atoms with Gasteiger partial charge in [0, 0.05) is 0 Å². The van der Waals surface area contributed by atoms with Gasteiger partial charge < -0.3 is 19.9 Å². The summed E-state index contributed by atoms with van der Waals surface area (Å²) in [6.45, 7) is 3.76. The molecule has 0 spiro atoms. The van der Waals surface area contributed by atoms with Crippen LogP contribution in [0.25, 0.3) is 11.4 Å². The van der Waals surface area contributed by atoms with Crippen LogP contribution < -0.4 is 19.9 Å². The molecule has 0 bridgehead atoms. The lowest BCUT2D eigenvalue weighted by atomic mass is 10.1. The van der Waals surface area contributed by atoms with Crippen molar-refractivity contribution in [3.8, 4) is 28.9 Å². The topological polar surface area (TPSA) is 92.4 Å². The number of aromatic nitrogens is 3. The summed E-state index contributed by atoms with van der Waals surface area (Å²) in [6.07, 6.45) is -0.0702. The Morgan fingerprint density at radius 3 is 2.14 bits per heavy atom. The van der Waals surface area contributed by atoms with Gasteiger partial charge in [0.05, 0.1) is 20.3 Å². The number of anilines is 1. The van der Waals surface area contributed by atoms with Crippen LogP contribution in [0.5, 0.6) is 17.5 Å². The summed E-state index contributed by atoms with van der Waals surface area (Å²) in [5.74, 6) is 1.57. The van der Waals surface area contributed by atoms with E-state index in [2.05, 4.69) is 15.0 Å². The lowest BCUT2D eigenvalue weighted by molar-refractivity contribution is 0.222. The molecule has 7 nitrogen and oxygen atoms in total. The van der Waals surface area contributed by atoms with Gasteiger partial charge in [-0.25, -0.2) is 0 Å². The van der Waals surface area contributed by atoms with E-state index >= 15 is 0 Å². The third kappa shape index (κ3) is 3.31. The van der Waals surface area contributed by atoms with Crippen molar-refractivity contribution < 1.29 is 14.2 Å². The summed E-state index contributed by atoms with van der Waals surface area (Å²) < 4.78 is 16.2. The molecular weight excluding hydrogens is 272 g/mol. The molecule has 0 amide bonds. The fourth-order valence-corrected chi connectivity index (χ4v) is 1.82. The Morgan fingerprint density at radius 1 is 1.00 bits per heavy atom. The van der Waals surface area contributed by atoms with Crippen LogP contribution in [0.3, 0.4) is 0 Å². The number of nitrogen functional groups attached to an aromatic ring is 1. The summed E-state index contributed by atoms with van der Waals surface area (Å²) in [5.41, 5.74) is 6.33. The van der Waals surface area contributed by atoms with Gasteiger partial charge in [-0.1, -0.05) is 6.07 Å². The summed E-state index contributed by atoms with van der Waals surface area (Å²) >= 11 is 0. The Balaban J connectivity index is 2.58. The summed E-state index contributed by atoms with van der Waals surface area (Å²) in [6, 6.07) is 5.57. The molecule has 0 aliphatic carbocycles. The Morgan fingerprint density at radius 2 is 1.62 bits per heavy atom. The van der Waals surface area contributed by atoms with E-state index in [-0.39, 0.29) is 18.1 Å². The van der Waals surface area contributed by atoms with Crippen LogP contribution in [0.4, 0.5) is 5.95 Å². The molecule has 0 saturated heterocycles. The molecule has 7 heteroatoms. The average Bonchev–Trinajstić information content (AvgIpc) is 2.44. The maximum absolute atomic E-state index is 5.73. The van der Waals surface area contributed by atoms with Gasteiger partial charge in [0.15, 0.2) is 5.82 Å². The average molecular weight is 290 g/mol. The Labute approximate surface area is 123 Å². The molecule has 1 aromatic carbocycles. The highest BCUT2D eigenvalue weighted by Crippen LogP contribution is 2.36. The lowest BCUT2D eigenvalue weighted by Crippen LogP contribution is -2.11. The van der Waals surface area contributed by atoms with Gasteiger partial charge in [-0.05, 0) is 26.0 Å². The lowest BCUT2D eigenvalue weighted by Gasteiger charge is -2.13. The molecule has 0 fully saturated rings. The summed E-state index contributed by atoms with van der Waals surface area (Å²) in [4.78, 5) is 12.4. The smallest absolute Gasteiger partial charge is 0.322 e. The second-order valence-corrected chi connectivity index (χ2v) is 4.50. The summed E-state index contributed by atoms with van der Waals surface area (Å²) in [7, 11) is 3.13. The molecule has 0 atom stereocenters. The van der Waals surface area contributed by atoms with Crippen LogP contribution in [0.1, 0.15) is 13.8 Å². The fourth-order valence-electron chi connectivity index (χ4n) is 1.82. The molecule has 0 unspecified atom stereocenters. The minimum atomic E-state index is -0.0702. The predicted octanol–water partition coefficient (Wildman–Crippen LogP) is 1.93. The van der Waals surface area contributed by atoms with Gasteiger partial charge in [0.25, 0.3) is 0 Å². The van der Waals surface area contributed by atoms with Gasteiger partial charge in [-0.3, -0.25) is 0 Å². The first kappa shape index (κ1) is 14.8. The van der Waals surface area contributed by atoms with Crippen molar-refractivity contribution in [3.05, 3.63) is 18.2 Å². The third-order valence-electron chi connectivity index (χ3n) is 2.62. The highest BCUT2D eigenvalue weighted by atomic mass is 16.5. The van der Waals surface area contributed by atoms with Crippen molar-refractivity contribution in [1.82, 2.24) is 15.0 Å². The Hall–Kier alpha value is -2.57. The zero-order chi connectivity index (χ0) is 15.4. The number of benzene rings is 1. The number of nitrogens with zero attached hydrogens (tertiary/aromatic N) is 3. The first-order valence-corrected chi connectivity index (χ1v) is 6.44. The number of hydrogen-bond acceptors (Lipinski definition) is 7. The molecule has 0 saturated carbocycles. The van der Waals surface area contributed by atoms with Crippen LogP contribution in [-0.2, 0) is 0 Å². The minimum absolute atomic E-state index is 0.0702. The molecule has 21 heavy (non-hydrogen) atoms. The molecule has 0 aliphatic heterocycles. The predicted molar refractivity (Wildman–Crippen MR) is 78.5 cm³/mol. The molecular formula is C14H18N4O3. The minimum Gasteiger partial charge on any atom is -0.496 e. The molecule has 1 heterocycles. The van der Waals surface area contributed by atoms with Crippen LogP contribution >= 0.6 is 0 Å². The number of rotatable bonds is 5. The van der Waals surface area contributed by atoms with Crippen LogP contribution in [-0.4, -0.2) is 35.3 Å². The SMILES string of the molecule is COc1cccc(OC)c1-c1nc(N)nc(OC(C)C)n1. The Bertz CT molecular complexity index is 609. The van der Waals surface area contributed by atoms with E-state index in [1.165, 1.54) is 0 Å². The number of hydrogen-bond donors (Lipinski definition) is 1. The van der Waals surface area contributed by atoms with Gasteiger partial charge in [-0.15, -0.1) is 0 Å². The van der Waals surface area contributed by atoms with Crippen molar-refractivity contribution in [2.75, 3.05) is 20.0 Å². The van der Waals surface area contributed by atoms with Crippen molar-refractivity contribution in [1.29, 1.82) is 0 Å². The van der Waals surface area contributed by atoms with E-state index in [0.717, 1.165) is 0 Å². The van der Waals surface area contributed by atoms with E-state index < -0.39 is 0 Å². The molecule has 0 aliphatic rings. The third-order valence-corrected chi connectivity index (χ3v) is 2.62. The fraction of sp³-hybridized carbons (Fsp3) is 0.357. The maximum atomic E-state index is 5.73. The van der Waals surface area contributed by atoms with Gasteiger partial charge >= 0.3 is 6.01 Å². The monoisotopic (exact) mass is 290 g/mol. The van der Waals surface area contributed by atoms with E-state index in [9.17, 15) is 0 Å². The first-order valence-electron chi connectivity index (χ1n) is 6.44. The molecule has 2 N–H and O–H groups in total. The quantitative estimate of drug-likeness (QED) is 0.899. The van der Waals surface area contributed by atoms with E-state index in [1.807, 2.05) is 19.9 Å². The van der Waals surface area contributed by atoms with E-state index in [4.69, 9.17) is 19.9 Å². The van der Waals surface area contributed by atoms with Crippen LogP contribution in [0.15, 0.2) is 18.2 Å². The normalized spacial score (nSPS) is 10.5. The van der Waals surface area contributed by atoms with Crippen LogP contribution in [0.2, 0.25) is 0 Å². The van der Waals surface area contributed by atoms with Crippen molar-refractivity contribution in [3.63, 3.8) is 0 Å². The number of ether oxygens (including phenoxy) is 3. The number of methoxy groups -OCH3 is 2. The number of nitrogens with two attached hydrogens (primary N) is 1. The van der Waals surface area contributed by atoms with Crippen molar-refractivity contribution in [2.24, 2.45) is 0 Å². The molecule has 2 rings (SSSR count). The molecule has 112 valence electrons. The standard InChI is InChI=1S/C14H18N4O3/c1-8(2)21-14-17-12(16-13(15)18-14)11-9(19-3)6-5-7-10(11)20-4/h5-8H,1-4H3,(H2,15,16,17,18). The second-order valence-electron chi connectivity index (χ2n) is 4.50. The van der Waals surface area contributed by atoms with Gasteiger partial charge in [0.1, 0.15) is 17.1 Å². The highest BCUT2D eigenvalue weighted by molar-refractivity contribution is 5.72. The van der Waals surface area contributed by atoms with Crippen LogP contribution in [0, 0.1) is 0 Å². The molecule has 1 aromatic heterocycles.